The van der Waals surface area contributed by atoms with Crippen LogP contribution in [-0.4, -0.2) is 19.0 Å². The van der Waals surface area contributed by atoms with Gasteiger partial charge in [0.1, 0.15) is 0 Å². The molecule has 3 heteroatoms. The first kappa shape index (κ1) is 11.7. The summed E-state index contributed by atoms with van der Waals surface area (Å²) in [4.78, 5) is 12.1. The van der Waals surface area contributed by atoms with Crippen LogP contribution in [0, 0.1) is 5.92 Å². The van der Waals surface area contributed by atoms with Gasteiger partial charge in [0.15, 0.2) is 0 Å². The van der Waals surface area contributed by atoms with Gasteiger partial charge in [0.05, 0.1) is 5.54 Å². The Kier molecular flexibility index (Phi) is 3.08. The molecular formula is C15H20N2O. The predicted molar refractivity (Wildman–Crippen MR) is 71.1 cm³/mol. The van der Waals surface area contributed by atoms with Crippen molar-refractivity contribution in [1.29, 1.82) is 0 Å². The van der Waals surface area contributed by atoms with E-state index in [1.54, 1.807) is 0 Å². The summed E-state index contributed by atoms with van der Waals surface area (Å²) in [6.07, 6.45) is 4.09. The number of hydrogen-bond donors (Lipinski definition) is 2. The molecule has 1 aromatic rings. The maximum absolute atomic E-state index is 12.1. The van der Waals surface area contributed by atoms with Crippen LogP contribution in [0.2, 0.25) is 0 Å². The van der Waals surface area contributed by atoms with E-state index >= 15 is 0 Å². The summed E-state index contributed by atoms with van der Waals surface area (Å²) >= 11 is 0. The zero-order chi connectivity index (χ0) is 12.4. The number of carbonyl (C=O) groups excluding carboxylic acids is 1. The van der Waals surface area contributed by atoms with E-state index in [0.717, 1.165) is 38.8 Å². The van der Waals surface area contributed by atoms with E-state index in [2.05, 4.69) is 34.9 Å². The third-order valence-corrected chi connectivity index (χ3v) is 4.09. The molecule has 1 saturated heterocycles. The van der Waals surface area contributed by atoms with Crippen molar-refractivity contribution in [1.82, 2.24) is 10.6 Å². The molecule has 1 saturated carbocycles. The molecule has 1 aliphatic heterocycles. The summed E-state index contributed by atoms with van der Waals surface area (Å²) < 4.78 is 0. The molecule has 96 valence electrons. The van der Waals surface area contributed by atoms with Gasteiger partial charge in [-0.05, 0) is 44.3 Å². The van der Waals surface area contributed by atoms with Gasteiger partial charge in [-0.3, -0.25) is 4.79 Å². The molecule has 1 aliphatic carbocycles. The van der Waals surface area contributed by atoms with Crippen molar-refractivity contribution in [3.8, 4) is 0 Å². The van der Waals surface area contributed by atoms with Crippen LogP contribution >= 0.6 is 0 Å². The van der Waals surface area contributed by atoms with Gasteiger partial charge >= 0.3 is 0 Å². The van der Waals surface area contributed by atoms with Crippen molar-refractivity contribution in [2.45, 2.75) is 31.2 Å². The van der Waals surface area contributed by atoms with E-state index in [1.165, 1.54) is 5.56 Å². The van der Waals surface area contributed by atoms with Gasteiger partial charge in [-0.25, -0.2) is 0 Å². The van der Waals surface area contributed by atoms with Crippen molar-refractivity contribution >= 4 is 5.91 Å². The lowest BCUT2D eigenvalue weighted by Gasteiger charge is -2.39. The van der Waals surface area contributed by atoms with Gasteiger partial charge in [-0.15, -0.1) is 0 Å². The SMILES string of the molecule is O=C(NC1(c2ccccc2)CCNCC1)C1CC1. The highest BCUT2D eigenvalue weighted by Crippen LogP contribution is 2.34. The van der Waals surface area contributed by atoms with E-state index in [-0.39, 0.29) is 17.4 Å². The largest absolute Gasteiger partial charge is 0.346 e. The van der Waals surface area contributed by atoms with Gasteiger partial charge in [0, 0.05) is 5.92 Å². The van der Waals surface area contributed by atoms with E-state index in [0.29, 0.717) is 0 Å². The van der Waals surface area contributed by atoms with Crippen molar-refractivity contribution in [3.63, 3.8) is 0 Å². The average Bonchev–Trinajstić information content (AvgIpc) is 3.25. The van der Waals surface area contributed by atoms with Gasteiger partial charge < -0.3 is 10.6 Å². The number of nitrogens with one attached hydrogen (secondary N) is 2. The second-order valence-electron chi connectivity index (χ2n) is 5.46. The molecule has 2 fully saturated rings. The molecule has 0 atom stereocenters. The summed E-state index contributed by atoms with van der Waals surface area (Å²) in [7, 11) is 0. The lowest BCUT2D eigenvalue weighted by Crippen LogP contribution is -2.52. The summed E-state index contributed by atoms with van der Waals surface area (Å²) in [5.41, 5.74) is 1.10. The molecule has 2 aliphatic rings. The minimum Gasteiger partial charge on any atom is -0.346 e. The standard InChI is InChI=1S/C15H20N2O/c18-14(12-6-7-12)17-15(8-10-16-11-9-15)13-4-2-1-3-5-13/h1-5,12,16H,6-11H2,(H,17,18). The molecule has 3 nitrogen and oxygen atoms in total. The summed E-state index contributed by atoms with van der Waals surface area (Å²) in [6, 6.07) is 10.4. The normalized spacial score (nSPS) is 22.4. The van der Waals surface area contributed by atoms with Crippen molar-refractivity contribution in [2.75, 3.05) is 13.1 Å². The Balaban J connectivity index is 1.85. The predicted octanol–water partition coefficient (Wildman–Crippen LogP) is 1.79. The number of hydrogen-bond acceptors (Lipinski definition) is 2. The van der Waals surface area contributed by atoms with Crippen LogP contribution in [0.3, 0.4) is 0 Å². The number of amides is 1. The number of carbonyl (C=O) groups is 1. The van der Waals surface area contributed by atoms with Crippen LogP contribution in [0.1, 0.15) is 31.2 Å². The Morgan fingerprint density at radius 1 is 1.17 bits per heavy atom. The fourth-order valence-corrected chi connectivity index (χ4v) is 2.78. The van der Waals surface area contributed by atoms with Gasteiger partial charge in [-0.2, -0.15) is 0 Å². The Morgan fingerprint density at radius 2 is 1.83 bits per heavy atom. The fraction of sp³-hybridized carbons (Fsp3) is 0.533. The van der Waals surface area contributed by atoms with E-state index < -0.39 is 0 Å². The third-order valence-electron chi connectivity index (χ3n) is 4.09. The molecule has 1 heterocycles. The van der Waals surface area contributed by atoms with E-state index in [4.69, 9.17) is 0 Å². The second-order valence-corrected chi connectivity index (χ2v) is 5.46. The first-order chi connectivity index (χ1) is 8.80. The van der Waals surface area contributed by atoms with Crippen LogP contribution < -0.4 is 10.6 Å². The highest BCUT2D eigenvalue weighted by atomic mass is 16.2. The number of piperidine rings is 1. The molecule has 0 spiro atoms. The van der Waals surface area contributed by atoms with Crippen LogP contribution in [0.4, 0.5) is 0 Å². The minimum atomic E-state index is -0.147. The van der Waals surface area contributed by atoms with Crippen LogP contribution in [0.25, 0.3) is 0 Å². The molecule has 0 unspecified atom stereocenters. The molecule has 0 bridgehead atoms. The Hall–Kier alpha value is -1.35. The van der Waals surface area contributed by atoms with Gasteiger partial charge in [-0.1, -0.05) is 30.3 Å². The summed E-state index contributed by atoms with van der Waals surface area (Å²) in [5.74, 6) is 0.529. The molecule has 3 rings (SSSR count). The minimum absolute atomic E-state index is 0.147. The maximum Gasteiger partial charge on any atom is 0.223 e. The first-order valence-corrected chi connectivity index (χ1v) is 6.88. The summed E-state index contributed by atoms with van der Waals surface area (Å²) in [6.45, 7) is 1.94. The Bertz CT molecular complexity index is 419. The van der Waals surface area contributed by atoms with E-state index in [9.17, 15) is 4.79 Å². The molecule has 1 aromatic carbocycles. The molecule has 0 aromatic heterocycles. The van der Waals surface area contributed by atoms with Crippen molar-refractivity contribution < 1.29 is 4.79 Å². The van der Waals surface area contributed by atoms with Crippen LogP contribution in [0.5, 0.6) is 0 Å². The Morgan fingerprint density at radius 3 is 2.44 bits per heavy atom. The molecule has 0 radical (unpaired) electrons. The average molecular weight is 244 g/mol. The lowest BCUT2D eigenvalue weighted by molar-refractivity contribution is -0.124. The fourth-order valence-electron chi connectivity index (χ4n) is 2.78. The Labute approximate surface area is 108 Å². The number of rotatable bonds is 3. The molecular weight excluding hydrogens is 224 g/mol. The van der Waals surface area contributed by atoms with Crippen molar-refractivity contribution in [2.24, 2.45) is 5.92 Å². The molecule has 1 amide bonds. The molecule has 18 heavy (non-hydrogen) atoms. The van der Waals surface area contributed by atoms with Gasteiger partial charge in [0.2, 0.25) is 5.91 Å². The topological polar surface area (TPSA) is 41.1 Å². The van der Waals surface area contributed by atoms with Crippen molar-refractivity contribution in [3.05, 3.63) is 35.9 Å². The maximum atomic E-state index is 12.1. The quantitative estimate of drug-likeness (QED) is 0.851. The summed E-state index contributed by atoms with van der Waals surface area (Å²) in [5, 5.41) is 6.71. The smallest absolute Gasteiger partial charge is 0.223 e. The highest BCUT2D eigenvalue weighted by molar-refractivity contribution is 5.81. The monoisotopic (exact) mass is 244 g/mol. The number of benzene rings is 1. The second kappa shape index (κ2) is 4.73. The van der Waals surface area contributed by atoms with Crippen LogP contribution in [-0.2, 0) is 10.3 Å². The lowest BCUT2D eigenvalue weighted by atomic mass is 9.81. The zero-order valence-corrected chi connectivity index (χ0v) is 10.6. The van der Waals surface area contributed by atoms with Gasteiger partial charge in [0.25, 0.3) is 0 Å². The highest BCUT2D eigenvalue weighted by Gasteiger charge is 2.39. The van der Waals surface area contributed by atoms with Crippen LogP contribution in [0.15, 0.2) is 30.3 Å². The van der Waals surface area contributed by atoms with E-state index in [1.807, 2.05) is 6.07 Å². The first-order valence-electron chi connectivity index (χ1n) is 6.88. The molecule has 2 N–H and O–H groups in total. The third kappa shape index (κ3) is 2.27. The zero-order valence-electron chi connectivity index (χ0n) is 10.6.